The monoisotopic (exact) mass is 442 g/mol. The van der Waals surface area contributed by atoms with Crippen LogP contribution in [0, 0.1) is 41.5 Å². The number of carboxylic acids is 2. The summed E-state index contributed by atoms with van der Waals surface area (Å²) in [6.07, 6.45) is 2.85. The van der Waals surface area contributed by atoms with Crippen LogP contribution in [0.2, 0.25) is 0 Å². The van der Waals surface area contributed by atoms with Crippen molar-refractivity contribution in [1.82, 2.24) is 0 Å². The van der Waals surface area contributed by atoms with E-state index in [9.17, 15) is 9.59 Å². The molecule has 0 saturated carbocycles. The SMILES string of the molecule is Cc1ccc(C)c(Sc2c(C)c(C)c(CCCC(=O)O)c(CCCC(=O)O)c2C)c1C. The van der Waals surface area contributed by atoms with E-state index in [1.165, 1.54) is 54.3 Å². The summed E-state index contributed by atoms with van der Waals surface area (Å²) in [5.41, 5.74) is 9.84. The molecule has 0 aromatic heterocycles. The molecule has 2 aromatic carbocycles. The van der Waals surface area contributed by atoms with Crippen LogP contribution in [0.4, 0.5) is 0 Å². The molecular formula is C26H34O4S. The lowest BCUT2D eigenvalue weighted by Crippen LogP contribution is -2.08. The molecule has 0 unspecified atom stereocenters. The highest BCUT2D eigenvalue weighted by atomic mass is 32.2. The van der Waals surface area contributed by atoms with Gasteiger partial charge in [-0.05, 0) is 112 Å². The van der Waals surface area contributed by atoms with Crippen molar-refractivity contribution < 1.29 is 19.8 Å². The second-order valence-corrected chi connectivity index (χ2v) is 9.43. The Morgan fingerprint density at radius 3 is 1.68 bits per heavy atom. The van der Waals surface area contributed by atoms with E-state index < -0.39 is 11.9 Å². The fraction of sp³-hybridized carbons (Fsp3) is 0.462. The van der Waals surface area contributed by atoms with Crippen molar-refractivity contribution in [2.24, 2.45) is 0 Å². The zero-order valence-corrected chi connectivity index (χ0v) is 20.3. The largest absolute Gasteiger partial charge is 0.481 e. The molecule has 0 aliphatic rings. The van der Waals surface area contributed by atoms with Crippen LogP contribution >= 0.6 is 11.8 Å². The minimum absolute atomic E-state index is 0.138. The molecule has 168 valence electrons. The third-order valence-electron chi connectivity index (χ3n) is 6.23. The molecule has 31 heavy (non-hydrogen) atoms. The van der Waals surface area contributed by atoms with Gasteiger partial charge in [-0.15, -0.1) is 0 Å². The van der Waals surface area contributed by atoms with Gasteiger partial charge in [-0.2, -0.15) is 0 Å². The smallest absolute Gasteiger partial charge is 0.303 e. The van der Waals surface area contributed by atoms with Crippen molar-refractivity contribution in [2.45, 2.75) is 89.9 Å². The van der Waals surface area contributed by atoms with Crippen LogP contribution in [0.15, 0.2) is 21.9 Å². The van der Waals surface area contributed by atoms with E-state index in [2.05, 4.69) is 53.7 Å². The Balaban J connectivity index is 2.54. The summed E-state index contributed by atoms with van der Waals surface area (Å²) >= 11 is 1.80. The van der Waals surface area contributed by atoms with Gasteiger partial charge in [0.25, 0.3) is 0 Å². The van der Waals surface area contributed by atoms with Gasteiger partial charge in [0.05, 0.1) is 0 Å². The lowest BCUT2D eigenvalue weighted by Gasteiger charge is -2.23. The van der Waals surface area contributed by atoms with E-state index in [1.54, 1.807) is 11.8 Å². The Hall–Kier alpha value is -2.27. The molecule has 2 rings (SSSR count). The van der Waals surface area contributed by atoms with Crippen molar-refractivity contribution in [3.05, 3.63) is 56.6 Å². The first kappa shape index (κ1) is 25.0. The topological polar surface area (TPSA) is 74.6 Å². The maximum Gasteiger partial charge on any atom is 0.303 e. The molecular weight excluding hydrogens is 408 g/mol. The fourth-order valence-electron chi connectivity index (χ4n) is 4.11. The van der Waals surface area contributed by atoms with Gasteiger partial charge in [-0.1, -0.05) is 23.9 Å². The Kier molecular flexibility index (Phi) is 8.75. The minimum Gasteiger partial charge on any atom is -0.481 e. The molecule has 4 nitrogen and oxygen atoms in total. The Morgan fingerprint density at radius 2 is 1.16 bits per heavy atom. The van der Waals surface area contributed by atoms with Crippen molar-refractivity contribution in [3.63, 3.8) is 0 Å². The number of aryl methyl sites for hydroxylation is 2. The average Bonchev–Trinajstić information content (AvgIpc) is 2.69. The highest BCUT2D eigenvalue weighted by Gasteiger charge is 2.20. The number of carboxylic acid groups (broad SMARTS) is 2. The molecule has 2 aromatic rings. The quantitative estimate of drug-likeness (QED) is 0.439. The van der Waals surface area contributed by atoms with Gasteiger partial charge in [0.2, 0.25) is 0 Å². The summed E-state index contributed by atoms with van der Waals surface area (Å²) < 4.78 is 0. The second kappa shape index (κ2) is 10.9. The third-order valence-corrected chi connectivity index (χ3v) is 7.87. The molecule has 0 bridgehead atoms. The van der Waals surface area contributed by atoms with Crippen LogP contribution < -0.4 is 0 Å². The van der Waals surface area contributed by atoms with Crippen molar-refractivity contribution >= 4 is 23.7 Å². The number of benzene rings is 2. The Labute approximate surface area is 190 Å². The van der Waals surface area contributed by atoms with E-state index in [0.717, 1.165) is 0 Å². The Morgan fingerprint density at radius 1 is 0.677 bits per heavy atom. The van der Waals surface area contributed by atoms with Gasteiger partial charge >= 0.3 is 11.9 Å². The molecule has 0 atom stereocenters. The number of rotatable bonds is 10. The Bertz CT molecular complexity index is 992. The van der Waals surface area contributed by atoms with E-state index in [4.69, 9.17) is 10.2 Å². The van der Waals surface area contributed by atoms with Crippen LogP contribution in [-0.4, -0.2) is 22.2 Å². The highest BCUT2D eigenvalue weighted by Crippen LogP contribution is 2.41. The molecule has 0 radical (unpaired) electrons. The number of aliphatic carboxylic acids is 2. The molecule has 0 aliphatic carbocycles. The number of hydrogen-bond donors (Lipinski definition) is 2. The molecule has 5 heteroatoms. The van der Waals surface area contributed by atoms with Gasteiger partial charge in [0.15, 0.2) is 0 Å². The lowest BCUT2D eigenvalue weighted by atomic mass is 9.87. The van der Waals surface area contributed by atoms with E-state index in [-0.39, 0.29) is 12.8 Å². The minimum atomic E-state index is -0.783. The van der Waals surface area contributed by atoms with Crippen molar-refractivity contribution in [3.8, 4) is 0 Å². The van der Waals surface area contributed by atoms with Crippen molar-refractivity contribution in [1.29, 1.82) is 0 Å². The van der Waals surface area contributed by atoms with Crippen LogP contribution in [0.5, 0.6) is 0 Å². The second-order valence-electron chi connectivity index (χ2n) is 8.41. The summed E-state index contributed by atoms with van der Waals surface area (Å²) in [6.45, 7) is 12.8. The maximum atomic E-state index is 11.1. The van der Waals surface area contributed by atoms with E-state index in [1.807, 2.05) is 0 Å². The first-order chi connectivity index (χ1) is 14.5. The molecule has 0 spiro atoms. The predicted molar refractivity (Wildman–Crippen MR) is 127 cm³/mol. The third kappa shape index (κ3) is 6.13. The van der Waals surface area contributed by atoms with Crippen LogP contribution in [0.1, 0.15) is 70.2 Å². The summed E-state index contributed by atoms with van der Waals surface area (Å²) in [7, 11) is 0. The molecule has 0 aliphatic heterocycles. The molecule has 0 saturated heterocycles. The predicted octanol–water partition coefficient (Wildman–Crippen LogP) is 6.50. The summed E-state index contributed by atoms with van der Waals surface area (Å²) in [5, 5.41) is 18.2. The maximum absolute atomic E-state index is 11.1. The van der Waals surface area contributed by atoms with E-state index >= 15 is 0 Å². The van der Waals surface area contributed by atoms with Gasteiger partial charge in [-0.25, -0.2) is 0 Å². The zero-order valence-electron chi connectivity index (χ0n) is 19.5. The highest BCUT2D eigenvalue weighted by molar-refractivity contribution is 7.99. The molecule has 0 heterocycles. The summed E-state index contributed by atoms with van der Waals surface area (Å²) in [5.74, 6) is -1.56. The lowest BCUT2D eigenvalue weighted by molar-refractivity contribution is -0.138. The summed E-state index contributed by atoms with van der Waals surface area (Å²) in [4.78, 5) is 24.6. The standard InChI is InChI=1S/C26H34O4S/c1-15-13-14-16(2)25(17(15)3)31-26-19(5)18(4)21(9-7-11-23(27)28)22(20(26)6)10-8-12-24(29)30/h13-14H,7-12H2,1-6H3,(H,27,28)(H,29,30). The average molecular weight is 443 g/mol. The van der Waals surface area contributed by atoms with Gasteiger partial charge in [0.1, 0.15) is 0 Å². The first-order valence-corrected chi connectivity index (χ1v) is 11.7. The van der Waals surface area contributed by atoms with Gasteiger partial charge in [-0.3, -0.25) is 9.59 Å². The molecule has 0 amide bonds. The van der Waals surface area contributed by atoms with Gasteiger partial charge < -0.3 is 10.2 Å². The molecule has 0 fully saturated rings. The van der Waals surface area contributed by atoms with Crippen molar-refractivity contribution in [2.75, 3.05) is 0 Å². The zero-order chi connectivity index (χ0) is 23.3. The molecule has 2 N–H and O–H groups in total. The summed E-state index contributed by atoms with van der Waals surface area (Å²) in [6, 6.07) is 4.32. The van der Waals surface area contributed by atoms with E-state index in [0.29, 0.717) is 25.7 Å². The fourth-order valence-corrected chi connectivity index (χ4v) is 5.44. The van der Waals surface area contributed by atoms with Crippen LogP contribution in [0.25, 0.3) is 0 Å². The number of carbonyl (C=O) groups is 2. The van der Waals surface area contributed by atoms with Crippen LogP contribution in [0.3, 0.4) is 0 Å². The first-order valence-electron chi connectivity index (χ1n) is 10.8. The normalized spacial score (nSPS) is 11.0. The van der Waals surface area contributed by atoms with Gasteiger partial charge in [0, 0.05) is 22.6 Å². The number of hydrogen-bond acceptors (Lipinski definition) is 3. The van der Waals surface area contributed by atoms with Crippen LogP contribution in [-0.2, 0) is 22.4 Å².